The van der Waals surface area contributed by atoms with E-state index in [1.54, 1.807) is 31.4 Å². The van der Waals surface area contributed by atoms with Gasteiger partial charge in [0.05, 0.1) is 4.92 Å². The van der Waals surface area contributed by atoms with Crippen molar-refractivity contribution < 1.29 is 9.31 Å². The summed E-state index contributed by atoms with van der Waals surface area (Å²) >= 11 is 0. The third kappa shape index (κ3) is 7.30. The second-order valence-electron chi connectivity index (χ2n) is 7.26. The van der Waals surface area contributed by atoms with Gasteiger partial charge in [-0.2, -0.15) is 0 Å². The molecule has 168 valence electrons. The van der Waals surface area contributed by atoms with E-state index in [1.165, 1.54) is 6.07 Å². The van der Waals surface area contributed by atoms with Crippen LogP contribution in [-0.4, -0.2) is 48.6 Å². The Morgan fingerprint density at radius 2 is 2.10 bits per heavy atom. The fourth-order valence-electron chi connectivity index (χ4n) is 3.51. The molecule has 1 aliphatic heterocycles. The summed E-state index contributed by atoms with van der Waals surface area (Å²) in [5.41, 5.74) is 1.21. The topological polar surface area (TPSA) is 95.7 Å². The van der Waals surface area contributed by atoms with Gasteiger partial charge in [0.2, 0.25) is 0 Å². The lowest BCUT2D eigenvalue weighted by atomic mass is 10.1. The monoisotopic (exact) mass is 542 g/mol. The molecule has 2 aromatic rings. The van der Waals surface area contributed by atoms with E-state index in [9.17, 15) is 14.5 Å². The molecule has 10 heteroatoms. The number of aliphatic imine (C=N–C) groups is 1. The Labute approximate surface area is 198 Å². The van der Waals surface area contributed by atoms with Crippen LogP contribution in [0.4, 0.5) is 15.9 Å². The van der Waals surface area contributed by atoms with Crippen LogP contribution >= 0.6 is 24.0 Å². The molecule has 1 saturated heterocycles. The summed E-state index contributed by atoms with van der Waals surface area (Å²) in [6.45, 7) is 2.20. The standard InChI is InChI=1S/C21H27FN6O2.HI/c1-23-21(25-12-3-2-5-16-7-9-18(10-8-16)28(29)30)26-17-11-14-27(15-17)20-19(22)6-4-13-24-20;/h4,6-10,13,17H,2-3,5,11-12,14-15H2,1H3,(H2,23,25,26);1H. The van der Waals surface area contributed by atoms with Crippen LogP contribution in [0.2, 0.25) is 0 Å². The molecule has 0 amide bonds. The van der Waals surface area contributed by atoms with Crippen LogP contribution in [0.25, 0.3) is 0 Å². The largest absolute Gasteiger partial charge is 0.356 e. The van der Waals surface area contributed by atoms with Gasteiger partial charge in [-0.15, -0.1) is 24.0 Å². The number of guanidine groups is 1. The molecular weight excluding hydrogens is 514 g/mol. The number of aromatic nitrogens is 1. The van der Waals surface area contributed by atoms with Crippen LogP contribution in [0.1, 0.15) is 24.8 Å². The molecule has 3 rings (SSSR count). The van der Waals surface area contributed by atoms with Crippen LogP contribution < -0.4 is 15.5 Å². The summed E-state index contributed by atoms with van der Waals surface area (Å²) in [6, 6.07) is 9.91. The Balaban J connectivity index is 0.00000341. The van der Waals surface area contributed by atoms with E-state index in [0.29, 0.717) is 12.4 Å². The number of nitro groups is 1. The summed E-state index contributed by atoms with van der Waals surface area (Å²) < 4.78 is 13.9. The van der Waals surface area contributed by atoms with Crippen molar-refractivity contribution >= 4 is 41.4 Å². The van der Waals surface area contributed by atoms with E-state index in [4.69, 9.17) is 0 Å². The third-order valence-electron chi connectivity index (χ3n) is 5.12. The van der Waals surface area contributed by atoms with Crippen molar-refractivity contribution in [1.82, 2.24) is 15.6 Å². The maximum Gasteiger partial charge on any atom is 0.269 e. The Morgan fingerprint density at radius 1 is 1.32 bits per heavy atom. The Bertz CT molecular complexity index is 880. The molecule has 1 fully saturated rings. The van der Waals surface area contributed by atoms with Crippen molar-refractivity contribution in [1.29, 1.82) is 0 Å². The predicted molar refractivity (Wildman–Crippen MR) is 131 cm³/mol. The average Bonchev–Trinajstić information content (AvgIpc) is 3.21. The summed E-state index contributed by atoms with van der Waals surface area (Å²) in [5, 5.41) is 17.4. The number of non-ortho nitro benzene ring substituents is 1. The van der Waals surface area contributed by atoms with Crippen molar-refractivity contribution in [3.05, 3.63) is 64.1 Å². The normalized spacial score (nSPS) is 16.0. The van der Waals surface area contributed by atoms with Gasteiger partial charge in [0, 0.05) is 51.1 Å². The van der Waals surface area contributed by atoms with Crippen molar-refractivity contribution in [2.75, 3.05) is 31.6 Å². The van der Waals surface area contributed by atoms with E-state index in [2.05, 4.69) is 20.6 Å². The molecule has 0 aliphatic carbocycles. The number of halogens is 2. The predicted octanol–water partition coefficient (Wildman–Crippen LogP) is 3.51. The third-order valence-corrected chi connectivity index (χ3v) is 5.12. The number of hydrogen-bond acceptors (Lipinski definition) is 5. The first-order chi connectivity index (χ1) is 14.6. The van der Waals surface area contributed by atoms with Crippen LogP contribution in [-0.2, 0) is 6.42 Å². The van der Waals surface area contributed by atoms with Crippen LogP contribution in [0, 0.1) is 15.9 Å². The van der Waals surface area contributed by atoms with Crippen molar-refractivity contribution in [3.63, 3.8) is 0 Å². The van der Waals surface area contributed by atoms with Gasteiger partial charge in [-0.25, -0.2) is 9.37 Å². The lowest BCUT2D eigenvalue weighted by molar-refractivity contribution is -0.384. The summed E-state index contributed by atoms with van der Waals surface area (Å²) in [7, 11) is 1.73. The van der Waals surface area contributed by atoms with Gasteiger partial charge in [-0.1, -0.05) is 12.1 Å². The number of benzene rings is 1. The second kappa shape index (κ2) is 12.4. The molecule has 1 unspecified atom stereocenters. The molecule has 2 N–H and O–H groups in total. The van der Waals surface area contributed by atoms with Gasteiger partial charge in [0.1, 0.15) is 0 Å². The zero-order valence-corrected chi connectivity index (χ0v) is 19.8. The summed E-state index contributed by atoms with van der Waals surface area (Å²) in [5.74, 6) is 0.836. The molecule has 31 heavy (non-hydrogen) atoms. The van der Waals surface area contributed by atoms with Gasteiger partial charge in [-0.3, -0.25) is 15.1 Å². The zero-order chi connectivity index (χ0) is 21.3. The number of aryl methyl sites for hydroxylation is 1. The highest BCUT2D eigenvalue weighted by Crippen LogP contribution is 2.20. The second-order valence-corrected chi connectivity index (χ2v) is 7.26. The highest BCUT2D eigenvalue weighted by atomic mass is 127. The maximum atomic E-state index is 13.9. The maximum absolute atomic E-state index is 13.9. The van der Waals surface area contributed by atoms with Crippen LogP contribution in [0.15, 0.2) is 47.6 Å². The molecule has 1 aromatic heterocycles. The number of nitrogens with zero attached hydrogens (tertiary/aromatic N) is 4. The fourth-order valence-corrected chi connectivity index (χ4v) is 3.51. The lowest BCUT2D eigenvalue weighted by Gasteiger charge is -2.20. The van der Waals surface area contributed by atoms with Gasteiger partial charge in [0.15, 0.2) is 17.6 Å². The van der Waals surface area contributed by atoms with Crippen molar-refractivity contribution in [2.45, 2.75) is 31.7 Å². The van der Waals surface area contributed by atoms with Crippen LogP contribution in [0.5, 0.6) is 0 Å². The van der Waals surface area contributed by atoms with E-state index in [0.717, 1.165) is 50.3 Å². The fraction of sp³-hybridized carbons (Fsp3) is 0.429. The minimum absolute atomic E-state index is 0. The van der Waals surface area contributed by atoms with Gasteiger partial charge >= 0.3 is 0 Å². The summed E-state index contributed by atoms with van der Waals surface area (Å²) in [4.78, 5) is 20.7. The number of pyridine rings is 1. The Morgan fingerprint density at radius 3 is 2.77 bits per heavy atom. The molecule has 8 nitrogen and oxygen atoms in total. The average molecular weight is 542 g/mol. The minimum atomic E-state index is -0.386. The first-order valence-electron chi connectivity index (χ1n) is 10.1. The lowest BCUT2D eigenvalue weighted by Crippen LogP contribution is -2.45. The number of nitrogens with one attached hydrogen (secondary N) is 2. The number of anilines is 1. The quantitative estimate of drug-likeness (QED) is 0.132. The Hall–Kier alpha value is -2.50. The van der Waals surface area contributed by atoms with Crippen molar-refractivity contribution in [2.24, 2.45) is 4.99 Å². The molecular formula is C21H28FIN6O2. The zero-order valence-electron chi connectivity index (χ0n) is 17.5. The molecule has 0 radical (unpaired) electrons. The number of unbranched alkanes of at least 4 members (excludes halogenated alkanes) is 1. The van der Waals surface area contributed by atoms with Gasteiger partial charge < -0.3 is 15.5 Å². The van der Waals surface area contributed by atoms with E-state index in [1.807, 2.05) is 17.0 Å². The number of hydrogen-bond donors (Lipinski definition) is 2. The number of nitro benzene ring substituents is 1. The molecule has 1 atom stereocenters. The minimum Gasteiger partial charge on any atom is -0.356 e. The van der Waals surface area contributed by atoms with Gasteiger partial charge in [0.25, 0.3) is 5.69 Å². The SMILES string of the molecule is CN=C(NCCCCc1ccc([N+](=O)[O-])cc1)NC1CCN(c2ncccc2F)C1.I. The van der Waals surface area contributed by atoms with Crippen molar-refractivity contribution in [3.8, 4) is 0 Å². The van der Waals surface area contributed by atoms with Gasteiger partial charge in [-0.05, 0) is 43.4 Å². The van der Waals surface area contributed by atoms with E-state index >= 15 is 0 Å². The first kappa shape index (κ1) is 24.8. The molecule has 1 aliphatic rings. The van der Waals surface area contributed by atoms with E-state index in [-0.39, 0.29) is 46.4 Å². The molecule has 0 bridgehead atoms. The molecule has 0 saturated carbocycles. The highest BCUT2D eigenvalue weighted by Gasteiger charge is 2.25. The molecule has 0 spiro atoms. The Kier molecular flexibility index (Phi) is 9.89. The smallest absolute Gasteiger partial charge is 0.269 e. The summed E-state index contributed by atoms with van der Waals surface area (Å²) in [6.07, 6.45) is 5.29. The van der Waals surface area contributed by atoms with E-state index < -0.39 is 0 Å². The molecule has 2 heterocycles. The number of rotatable bonds is 8. The molecule has 1 aromatic carbocycles. The first-order valence-corrected chi connectivity index (χ1v) is 10.1. The van der Waals surface area contributed by atoms with Crippen LogP contribution in [0.3, 0.4) is 0 Å². The highest BCUT2D eigenvalue weighted by molar-refractivity contribution is 14.0.